The van der Waals surface area contributed by atoms with Gasteiger partial charge in [0, 0.05) is 16.6 Å². The highest BCUT2D eigenvalue weighted by Crippen LogP contribution is 2.36. The third kappa shape index (κ3) is 18.7. The van der Waals surface area contributed by atoms with Crippen molar-refractivity contribution >= 4 is 94.5 Å². The zero-order valence-electron chi connectivity index (χ0n) is 37.2. The lowest BCUT2D eigenvalue weighted by atomic mass is 9.92. The zero-order chi connectivity index (χ0) is 48.7. The number of carbonyl (C=O) groups is 2. The number of nitrogens with zero attached hydrogens (tertiary/aromatic N) is 2. The lowest BCUT2D eigenvalue weighted by molar-refractivity contribution is -0.114. The molecule has 0 unspecified atom stereocenters. The summed E-state index contributed by atoms with van der Waals surface area (Å²) in [7, 11) is -7.29. The van der Waals surface area contributed by atoms with Crippen molar-refractivity contribution in [3.8, 4) is 0 Å². The van der Waals surface area contributed by atoms with Crippen molar-refractivity contribution < 1.29 is 35.2 Å². The zero-order valence-corrected chi connectivity index (χ0v) is 42.6. The maximum atomic E-state index is 13.3. The number of hydrogen-bond donors (Lipinski definition) is 0. The summed E-state index contributed by atoms with van der Waals surface area (Å²) in [5.41, 5.74) is 4.06. The topological polar surface area (TPSA) is 109 Å². The first-order chi connectivity index (χ1) is 30.8. The van der Waals surface area contributed by atoms with Crippen LogP contribution in [-0.2, 0) is 60.0 Å². The van der Waals surface area contributed by atoms with Crippen LogP contribution in [0.5, 0.6) is 0 Å². The van der Waals surface area contributed by atoms with Gasteiger partial charge < -0.3 is 9.80 Å². The van der Waals surface area contributed by atoms with Crippen molar-refractivity contribution in [2.75, 3.05) is 36.4 Å². The predicted octanol–water partition coefficient (Wildman–Crippen LogP) is 12.7. The van der Waals surface area contributed by atoms with Crippen LogP contribution in [0.15, 0.2) is 107 Å². The largest absolute Gasteiger partial charge is 0.307 e. The molecule has 4 aromatic rings. The molecule has 0 fully saturated rings. The van der Waals surface area contributed by atoms with Crippen LogP contribution in [0.4, 0.5) is 14.5 Å². The van der Waals surface area contributed by atoms with Gasteiger partial charge in [0.2, 0.25) is 5.24 Å². The molecule has 8 nitrogen and oxygen atoms in total. The second kappa shape index (κ2) is 29.4. The summed E-state index contributed by atoms with van der Waals surface area (Å²) in [6.07, 6.45) is 11.2. The number of allylic oxidation sites excluding steroid dienone is 3. The number of carbonyl (C=O) groups excluding carboxylic acids is 2. The first-order valence-corrected chi connectivity index (χ1v) is 26.5. The number of alkyl halides is 2. The van der Waals surface area contributed by atoms with E-state index in [0.717, 1.165) is 60.9 Å². The van der Waals surface area contributed by atoms with Gasteiger partial charge in [-0.3, -0.25) is 9.59 Å². The van der Waals surface area contributed by atoms with E-state index in [1.165, 1.54) is 67.0 Å². The maximum Gasteiger partial charge on any atom is 0.250 e. The Labute approximate surface area is 409 Å². The van der Waals surface area contributed by atoms with Crippen molar-refractivity contribution in [3.05, 3.63) is 147 Å². The molecule has 0 N–H and O–H groups in total. The van der Waals surface area contributed by atoms with Crippen LogP contribution in [0.3, 0.4) is 0 Å². The molecular formula is C48H57Cl5F2N2O6S2. The number of amides is 1. The Hall–Kier alpha value is -3.33. The smallest absolute Gasteiger partial charge is 0.250 e. The molecule has 1 aliphatic carbocycles. The first kappa shape index (κ1) is 57.8. The minimum absolute atomic E-state index is 0.0604. The molecule has 0 spiro atoms. The standard InChI is InChI=1S/C20H19ClFNO3S.C17H16ClFO2S.C6H15N.C4H5ClO.CH2Cl2/c1-2-5-19(24)23-11-4-7-14-6-3-8-18(20(14)23)27(25,26)13-15-9-10-16(22)12-17(15)21;18-16-10-14(19)9-8-13(16)11-22(20,21)17-7-3-5-12-4-1-2-6-15(12)17;1-4-7(5-2)6-3;1-2-3-4(5)6;2-1-3/h2-3,5-6,8-10,12H,4,7,11,13H2,1H3;3,5,7-10H,1-2,4,6,11H2;4-6H2,1-3H3;2-3H,1H3;1H2/b5-2+;;;3-2+;. The van der Waals surface area contributed by atoms with E-state index in [4.69, 9.17) is 58.0 Å². The number of halogens is 7. The molecule has 6 rings (SSSR count). The molecule has 0 aromatic heterocycles. The van der Waals surface area contributed by atoms with Gasteiger partial charge in [-0.25, -0.2) is 25.6 Å². The summed E-state index contributed by atoms with van der Waals surface area (Å²) < 4.78 is 78.1. The molecule has 65 heavy (non-hydrogen) atoms. The van der Waals surface area contributed by atoms with E-state index in [0.29, 0.717) is 34.7 Å². The van der Waals surface area contributed by atoms with Gasteiger partial charge in [-0.1, -0.05) is 92.5 Å². The number of para-hydroxylation sites is 1. The highest BCUT2D eigenvalue weighted by molar-refractivity contribution is 7.91. The second-order valence-electron chi connectivity index (χ2n) is 14.5. The molecule has 2 aliphatic rings. The highest BCUT2D eigenvalue weighted by Gasteiger charge is 2.30. The molecule has 0 radical (unpaired) electrons. The Bertz CT molecular complexity index is 2460. The van der Waals surface area contributed by atoms with E-state index in [1.807, 2.05) is 12.1 Å². The van der Waals surface area contributed by atoms with Gasteiger partial charge in [0.05, 0.1) is 32.3 Å². The number of aryl methyl sites for hydroxylation is 2. The average Bonchev–Trinajstić information content (AvgIpc) is 3.26. The van der Waals surface area contributed by atoms with Crippen LogP contribution in [0, 0.1) is 11.6 Å². The molecule has 0 bridgehead atoms. The summed E-state index contributed by atoms with van der Waals surface area (Å²) in [6, 6.07) is 17.9. The van der Waals surface area contributed by atoms with Crippen molar-refractivity contribution in [1.29, 1.82) is 0 Å². The van der Waals surface area contributed by atoms with E-state index < -0.39 is 36.6 Å². The Kier molecular flexibility index (Phi) is 26.2. The predicted molar refractivity (Wildman–Crippen MR) is 265 cm³/mol. The number of sulfone groups is 2. The quantitative estimate of drug-likeness (QED) is 0.0836. The van der Waals surface area contributed by atoms with Gasteiger partial charge in [0.25, 0.3) is 5.91 Å². The van der Waals surface area contributed by atoms with E-state index in [2.05, 4.69) is 25.7 Å². The van der Waals surface area contributed by atoms with Crippen molar-refractivity contribution in [2.45, 2.75) is 94.4 Å². The number of anilines is 1. The van der Waals surface area contributed by atoms with E-state index >= 15 is 0 Å². The molecular weight excluding hydrogens is 980 g/mol. The Morgan fingerprint density at radius 1 is 0.677 bits per heavy atom. The van der Waals surface area contributed by atoms with E-state index in [1.54, 1.807) is 44.2 Å². The van der Waals surface area contributed by atoms with Gasteiger partial charge in [-0.2, -0.15) is 0 Å². The SMILES string of the molecule is C/C=C/C(=O)Cl.C/C=C/C(=O)N1CCCc2cccc(S(=O)(=O)Cc3ccc(F)cc3Cl)c21.CCN(CC)CC.ClCCl.O=S(=O)(Cc1ccc(F)cc1Cl)c1cccc2c1CCCC2. The molecule has 1 heterocycles. The van der Waals surface area contributed by atoms with Gasteiger partial charge in [-0.05, 0) is 160 Å². The lowest BCUT2D eigenvalue weighted by Crippen LogP contribution is -2.35. The minimum Gasteiger partial charge on any atom is -0.307 e. The third-order valence-corrected chi connectivity index (χ3v) is 14.4. The fourth-order valence-electron chi connectivity index (χ4n) is 7.00. The summed E-state index contributed by atoms with van der Waals surface area (Å²) >= 11 is 26.4. The maximum absolute atomic E-state index is 13.3. The number of fused-ring (bicyclic) bond motifs is 2. The van der Waals surface area contributed by atoms with Crippen LogP contribution >= 0.6 is 58.0 Å². The molecule has 356 valence electrons. The lowest BCUT2D eigenvalue weighted by Gasteiger charge is -2.30. The van der Waals surface area contributed by atoms with Crippen molar-refractivity contribution in [3.63, 3.8) is 0 Å². The van der Waals surface area contributed by atoms with Crippen LogP contribution in [0.2, 0.25) is 10.0 Å². The summed E-state index contributed by atoms with van der Waals surface area (Å²) in [4.78, 5) is 26.6. The molecule has 1 amide bonds. The Balaban J connectivity index is 0.000000339. The van der Waals surface area contributed by atoms with Gasteiger partial charge in [0.15, 0.2) is 19.7 Å². The fraction of sp³-hybridized carbons (Fsp3) is 0.375. The molecule has 0 saturated carbocycles. The minimum atomic E-state index is -3.80. The van der Waals surface area contributed by atoms with Crippen molar-refractivity contribution in [2.24, 2.45) is 0 Å². The molecule has 17 heteroatoms. The van der Waals surface area contributed by atoms with Gasteiger partial charge >= 0.3 is 0 Å². The first-order valence-electron chi connectivity index (χ1n) is 21.0. The second-order valence-corrected chi connectivity index (χ2v) is 20.4. The number of rotatable bonds is 11. The third-order valence-electron chi connectivity index (χ3n) is 10.1. The molecule has 1 aliphatic heterocycles. The summed E-state index contributed by atoms with van der Waals surface area (Å²) in [5.74, 6) is -1.82. The molecule has 0 atom stereocenters. The number of benzene rings is 4. The van der Waals surface area contributed by atoms with Crippen LogP contribution in [-0.4, -0.2) is 64.4 Å². The summed E-state index contributed by atoms with van der Waals surface area (Å²) in [6.45, 7) is 14.1. The van der Waals surface area contributed by atoms with Gasteiger partial charge in [-0.15, -0.1) is 23.2 Å². The normalized spacial score (nSPS) is 13.2. The van der Waals surface area contributed by atoms with Crippen LogP contribution in [0.25, 0.3) is 0 Å². The number of hydrogen-bond acceptors (Lipinski definition) is 7. The average molecular weight is 1040 g/mol. The van der Waals surface area contributed by atoms with E-state index in [9.17, 15) is 35.2 Å². The highest BCUT2D eigenvalue weighted by atomic mass is 35.5. The van der Waals surface area contributed by atoms with Crippen LogP contribution < -0.4 is 4.90 Å². The Morgan fingerprint density at radius 3 is 1.58 bits per heavy atom. The fourth-order valence-corrected chi connectivity index (χ4v) is 11.1. The van der Waals surface area contributed by atoms with E-state index in [-0.39, 0.29) is 37.7 Å². The summed E-state index contributed by atoms with van der Waals surface area (Å²) in [5, 5.41) is -0.0175. The Morgan fingerprint density at radius 2 is 1.14 bits per heavy atom. The molecule has 4 aromatic carbocycles. The van der Waals surface area contributed by atoms with Crippen LogP contribution in [0.1, 0.15) is 81.7 Å². The van der Waals surface area contributed by atoms with Gasteiger partial charge in [0.1, 0.15) is 11.6 Å². The molecule has 0 saturated heterocycles. The monoisotopic (exact) mass is 1030 g/mol. The van der Waals surface area contributed by atoms with Crippen molar-refractivity contribution in [1.82, 2.24) is 4.90 Å².